The minimum atomic E-state index is -4.48. The lowest BCUT2D eigenvalue weighted by Gasteiger charge is -2.15. The summed E-state index contributed by atoms with van der Waals surface area (Å²) in [6.45, 7) is -0.309. The van der Waals surface area contributed by atoms with Crippen molar-refractivity contribution in [2.24, 2.45) is 5.73 Å². The van der Waals surface area contributed by atoms with E-state index in [2.05, 4.69) is 5.32 Å². The number of alkyl halides is 3. The van der Waals surface area contributed by atoms with Gasteiger partial charge in [-0.2, -0.15) is 13.2 Å². The summed E-state index contributed by atoms with van der Waals surface area (Å²) in [5.74, 6) is -0.925. The average molecular weight is 292 g/mol. The molecule has 0 heterocycles. The molecule has 8 heteroatoms. The summed E-state index contributed by atoms with van der Waals surface area (Å²) in [5.41, 5.74) is 4.04. The summed E-state index contributed by atoms with van der Waals surface area (Å²) in [5, 5.41) is 21.4. The van der Waals surface area contributed by atoms with E-state index in [1.165, 1.54) is 12.1 Å². The molecule has 20 heavy (non-hydrogen) atoms. The van der Waals surface area contributed by atoms with E-state index < -0.39 is 29.9 Å². The first-order valence-electron chi connectivity index (χ1n) is 5.75. The second-order valence-corrected chi connectivity index (χ2v) is 4.22. The van der Waals surface area contributed by atoms with Gasteiger partial charge in [0.15, 0.2) is 0 Å². The van der Waals surface area contributed by atoms with Crippen molar-refractivity contribution in [2.45, 2.75) is 18.4 Å². The van der Waals surface area contributed by atoms with Crippen LogP contribution in [-0.2, 0) is 11.0 Å². The molecule has 0 fully saturated rings. The number of nitrogens with two attached hydrogens (primary N) is 1. The van der Waals surface area contributed by atoms with Crippen molar-refractivity contribution in [3.8, 4) is 0 Å². The maximum absolute atomic E-state index is 12.5. The molecular weight excluding hydrogens is 277 g/mol. The topological polar surface area (TPSA) is 95.6 Å². The first kappa shape index (κ1) is 16.4. The molecule has 1 aromatic carbocycles. The minimum Gasteiger partial charge on any atom is -0.387 e. The molecule has 0 aliphatic rings. The predicted molar refractivity (Wildman–Crippen MR) is 64.5 cm³/mol. The molecule has 0 saturated heterocycles. The van der Waals surface area contributed by atoms with E-state index in [-0.39, 0.29) is 18.7 Å². The van der Waals surface area contributed by atoms with E-state index in [1.807, 2.05) is 0 Å². The lowest BCUT2D eigenvalue weighted by atomic mass is 10.1. The zero-order chi connectivity index (χ0) is 15.3. The van der Waals surface area contributed by atoms with Crippen LogP contribution in [0.15, 0.2) is 24.3 Å². The number of aliphatic hydroxyl groups excluding tert-OH is 2. The van der Waals surface area contributed by atoms with Crippen LogP contribution in [0.1, 0.15) is 17.2 Å². The molecule has 0 aromatic heterocycles. The molecule has 2 unspecified atom stereocenters. The number of halogens is 3. The van der Waals surface area contributed by atoms with E-state index in [0.29, 0.717) is 0 Å². The number of carbonyl (C=O) groups excluding carboxylic acids is 1. The quantitative estimate of drug-likeness (QED) is 0.601. The highest BCUT2D eigenvalue weighted by atomic mass is 19.4. The number of benzene rings is 1. The smallest absolute Gasteiger partial charge is 0.387 e. The third-order valence-electron chi connectivity index (χ3n) is 2.60. The third-order valence-corrected chi connectivity index (χ3v) is 2.60. The van der Waals surface area contributed by atoms with E-state index >= 15 is 0 Å². The van der Waals surface area contributed by atoms with Crippen LogP contribution >= 0.6 is 0 Å². The van der Waals surface area contributed by atoms with Crippen LogP contribution in [0.25, 0.3) is 0 Å². The average Bonchev–Trinajstić information content (AvgIpc) is 2.37. The van der Waals surface area contributed by atoms with E-state index in [4.69, 9.17) is 10.8 Å². The van der Waals surface area contributed by atoms with Crippen molar-refractivity contribution in [2.75, 3.05) is 13.1 Å². The van der Waals surface area contributed by atoms with Crippen molar-refractivity contribution in [3.05, 3.63) is 35.4 Å². The predicted octanol–water partition coefficient (Wildman–Crippen LogP) is 0.175. The Balaban J connectivity index is 2.60. The molecule has 0 saturated carbocycles. The third kappa shape index (κ3) is 4.80. The van der Waals surface area contributed by atoms with Gasteiger partial charge in [0.25, 0.3) is 0 Å². The van der Waals surface area contributed by atoms with Gasteiger partial charge >= 0.3 is 6.18 Å². The summed E-state index contributed by atoms with van der Waals surface area (Å²) in [4.78, 5) is 10.5. The highest BCUT2D eigenvalue weighted by molar-refractivity contribution is 5.78. The minimum absolute atomic E-state index is 0.0842. The summed E-state index contributed by atoms with van der Waals surface area (Å²) in [7, 11) is 0. The molecular formula is C12H15F3N2O3. The molecule has 0 radical (unpaired) electrons. The molecule has 0 bridgehead atoms. The van der Waals surface area contributed by atoms with E-state index in [1.54, 1.807) is 0 Å². The summed E-state index contributed by atoms with van der Waals surface area (Å²) >= 11 is 0. The van der Waals surface area contributed by atoms with Gasteiger partial charge in [-0.1, -0.05) is 12.1 Å². The fourth-order valence-corrected chi connectivity index (χ4v) is 1.50. The highest BCUT2D eigenvalue weighted by Gasteiger charge is 2.30. The van der Waals surface area contributed by atoms with Crippen LogP contribution in [0.3, 0.4) is 0 Å². The second kappa shape index (κ2) is 6.69. The Labute approximate surface area is 113 Å². The molecule has 1 rings (SSSR count). The van der Waals surface area contributed by atoms with Crippen molar-refractivity contribution in [1.82, 2.24) is 5.32 Å². The fourth-order valence-electron chi connectivity index (χ4n) is 1.50. The van der Waals surface area contributed by atoms with Gasteiger partial charge in [-0.15, -0.1) is 0 Å². The summed E-state index contributed by atoms with van der Waals surface area (Å²) in [6, 6.07) is 4.29. The number of primary amides is 1. The number of hydrogen-bond donors (Lipinski definition) is 4. The largest absolute Gasteiger partial charge is 0.416 e. The van der Waals surface area contributed by atoms with E-state index in [9.17, 15) is 23.1 Å². The summed E-state index contributed by atoms with van der Waals surface area (Å²) < 4.78 is 37.5. The number of hydrogen-bond acceptors (Lipinski definition) is 4. The van der Waals surface area contributed by atoms with Crippen LogP contribution in [0.2, 0.25) is 0 Å². The van der Waals surface area contributed by atoms with Crippen molar-refractivity contribution >= 4 is 5.91 Å². The fraction of sp³-hybridized carbons (Fsp3) is 0.417. The van der Waals surface area contributed by atoms with E-state index in [0.717, 1.165) is 12.1 Å². The normalized spacial score (nSPS) is 14.8. The van der Waals surface area contributed by atoms with Crippen molar-refractivity contribution in [1.29, 1.82) is 0 Å². The van der Waals surface area contributed by atoms with Gasteiger partial charge in [-0.25, -0.2) is 0 Å². The first-order valence-corrected chi connectivity index (χ1v) is 5.75. The number of carbonyl (C=O) groups is 1. The maximum atomic E-state index is 12.5. The number of aliphatic hydroxyl groups is 2. The van der Waals surface area contributed by atoms with Crippen molar-refractivity contribution < 1.29 is 28.2 Å². The van der Waals surface area contributed by atoms with Gasteiger partial charge in [0.05, 0.1) is 11.7 Å². The molecule has 5 nitrogen and oxygen atoms in total. The SMILES string of the molecule is NC(=O)C(O)CNCC(O)c1cccc(C(F)(F)F)c1. The van der Waals surface area contributed by atoms with Gasteiger partial charge in [0.1, 0.15) is 6.10 Å². The molecule has 0 aliphatic heterocycles. The number of amides is 1. The van der Waals surface area contributed by atoms with Gasteiger partial charge in [-0.3, -0.25) is 4.79 Å². The monoisotopic (exact) mass is 292 g/mol. The highest BCUT2D eigenvalue weighted by Crippen LogP contribution is 2.30. The van der Waals surface area contributed by atoms with Crippen molar-refractivity contribution in [3.63, 3.8) is 0 Å². The van der Waals surface area contributed by atoms with Crippen LogP contribution in [0.4, 0.5) is 13.2 Å². The molecule has 1 amide bonds. The maximum Gasteiger partial charge on any atom is 0.416 e. The Morgan fingerprint density at radius 2 is 1.95 bits per heavy atom. The molecule has 112 valence electrons. The Kier molecular flexibility index (Phi) is 5.49. The zero-order valence-electron chi connectivity index (χ0n) is 10.4. The van der Waals surface area contributed by atoms with Gasteiger partial charge in [-0.05, 0) is 17.7 Å². The Morgan fingerprint density at radius 1 is 1.30 bits per heavy atom. The molecule has 1 aromatic rings. The molecule has 2 atom stereocenters. The number of rotatable bonds is 6. The lowest BCUT2D eigenvalue weighted by molar-refractivity contribution is -0.137. The Hall–Kier alpha value is -1.64. The van der Waals surface area contributed by atoms with Gasteiger partial charge in [0.2, 0.25) is 5.91 Å². The van der Waals surface area contributed by atoms with Gasteiger partial charge < -0.3 is 21.3 Å². The standard InChI is InChI=1S/C12H15F3N2O3/c13-12(14,15)8-3-1-2-7(4-8)9(18)5-17-6-10(19)11(16)20/h1-4,9-10,17-19H,5-6H2,(H2,16,20). The molecule has 0 spiro atoms. The van der Waals surface area contributed by atoms with Crippen LogP contribution < -0.4 is 11.1 Å². The second-order valence-electron chi connectivity index (χ2n) is 4.22. The van der Waals surface area contributed by atoms with Crippen LogP contribution in [-0.4, -0.2) is 35.3 Å². The Morgan fingerprint density at radius 3 is 2.50 bits per heavy atom. The van der Waals surface area contributed by atoms with Crippen LogP contribution in [0, 0.1) is 0 Å². The Bertz CT molecular complexity index is 466. The first-order chi connectivity index (χ1) is 9.21. The zero-order valence-corrected chi connectivity index (χ0v) is 10.4. The van der Waals surface area contributed by atoms with Gasteiger partial charge in [0, 0.05) is 13.1 Å². The molecule has 0 aliphatic carbocycles. The molecule has 5 N–H and O–H groups in total. The van der Waals surface area contributed by atoms with Crippen LogP contribution in [0.5, 0.6) is 0 Å². The number of nitrogens with one attached hydrogen (secondary N) is 1. The lowest BCUT2D eigenvalue weighted by Crippen LogP contribution is -2.38. The summed E-state index contributed by atoms with van der Waals surface area (Å²) in [6.07, 6.45) is -7.09.